The van der Waals surface area contributed by atoms with E-state index in [2.05, 4.69) is 22.4 Å². The number of thioether (sulfide) groups is 1. The van der Waals surface area contributed by atoms with E-state index in [0.29, 0.717) is 44.8 Å². The summed E-state index contributed by atoms with van der Waals surface area (Å²) in [6.45, 7) is 8.66. The molecule has 0 spiro atoms. The number of benzene rings is 1. The van der Waals surface area contributed by atoms with Gasteiger partial charge in [0.25, 0.3) is 5.91 Å². The molecule has 3 aromatic rings. The Hall–Kier alpha value is -2.56. The molecular formula is C25H30ClN5O3S2. The molecule has 36 heavy (non-hydrogen) atoms. The third kappa shape index (κ3) is 5.71. The Balaban J connectivity index is 1.44. The Morgan fingerprint density at radius 1 is 1.39 bits per heavy atom. The molecule has 0 radical (unpaired) electrons. The van der Waals surface area contributed by atoms with Gasteiger partial charge in [-0.25, -0.2) is 0 Å². The number of fused-ring (bicyclic) bond motifs is 1. The number of aryl methyl sites for hydroxylation is 1. The highest BCUT2D eigenvalue weighted by atomic mass is 35.5. The molecule has 2 atom stereocenters. The highest BCUT2D eigenvalue weighted by Crippen LogP contribution is 2.39. The van der Waals surface area contributed by atoms with Crippen molar-refractivity contribution in [1.29, 1.82) is 0 Å². The minimum Gasteiger partial charge on any atom is -0.481 e. The largest absolute Gasteiger partial charge is 0.481 e. The second-order valence-corrected chi connectivity index (χ2v) is 11.5. The van der Waals surface area contributed by atoms with Crippen molar-refractivity contribution in [1.82, 2.24) is 14.8 Å². The SMILES string of the molecule is CCn1c(SCC(=O)Nc2sc3c(c2C(N)=O)CCC(C)C3)nnc1C(C)Oc1cc(C)ccc1Cl. The zero-order chi connectivity index (χ0) is 26.0. The van der Waals surface area contributed by atoms with Crippen molar-refractivity contribution in [2.24, 2.45) is 11.7 Å². The Labute approximate surface area is 224 Å². The number of carbonyl (C=O) groups is 2. The molecule has 0 bridgehead atoms. The minimum atomic E-state index is -0.497. The topological polar surface area (TPSA) is 112 Å². The number of aromatic nitrogens is 3. The number of hydrogen-bond donors (Lipinski definition) is 2. The molecule has 1 aliphatic rings. The van der Waals surface area contributed by atoms with Gasteiger partial charge in [0.15, 0.2) is 17.1 Å². The first-order valence-electron chi connectivity index (χ1n) is 11.9. The van der Waals surface area contributed by atoms with Crippen LogP contribution in [0.1, 0.15) is 65.5 Å². The Kier molecular flexibility index (Phi) is 8.27. The van der Waals surface area contributed by atoms with E-state index in [4.69, 9.17) is 22.1 Å². The number of anilines is 1. The van der Waals surface area contributed by atoms with E-state index in [-0.39, 0.29) is 11.7 Å². The fourth-order valence-corrected chi connectivity index (χ4v) is 6.74. The predicted molar refractivity (Wildman–Crippen MR) is 144 cm³/mol. The summed E-state index contributed by atoms with van der Waals surface area (Å²) in [4.78, 5) is 26.1. The van der Waals surface area contributed by atoms with Crippen LogP contribution >= 0.6 is 34.7 Å². The molecule has 0 saturated heterocycles. The molecule has 1 aromatic carbocycles. The number of primary amides is 1. The molecule has 0 aliphatic heterocycles. The summed E-state index contributed by atoms with van der Waals surface area (Å²) >= 11 is 9.03. The number of nitrogens with one attached hydrogen (secondary N) is 1. The van der Waals surface area contributed by atoms with Gasteiger partial charge in [0.2, 0.25) is 5.91 Å². The van der Waals surface area contributed by atoms with Gasteiger partial charge in [0.05, 0.1) is 16.3 Å². The van der Waals surface area contributed by atoms with Crippen molar-refractivity contribution in [2.75, 3.05) is 11.1 Å². The fourth-order valence-electron chi connectivity index (χ4n) is 4.34. The van der Waals surface area contributed by atoms with Crippen LogP contribution in [-0.4, -0.2) is 32.3 Å². The molecule has 11 heteroatoms. The average Bonchev–Trinajstić information content (AvgIpc) is 3.40. The quantitative estimate of drug-likeness (QED) is 0.346. The highest BCUT2D eigenvalue weighted by molar-refractivity contribution is 7.99. The van der Waals surface area contributed by atoms with Crippen molar-refractivity contribution in [2.45, 2.75) is 64.8 Å². The van der Waals surface area contributed by atoms with E-state index in [9.17, 15) is 9.59 Å². The van der Waals surface area contributed by atoms with Crippen LogP contribution in [0.2, 0.25) is 5.02 Å². The molecule has 4 rings (SSSR count). The lowest BCUT2D eigenvalue weighted by atomic mass is 9.88. The minimum absolute atomic E-state index is 0.119. The standard InChI is InChI=1S/C25H30ClN5O3S2/c1-5-31-23(15(4)34-18-10-13(2)7-9-17(18)26)29-30-25(31)35-12-20(32)28-24-21(22(27)33)16-8-6-14(3)11-19(16)36-24/h7,9-10,14-15H,5-6,8,11-12H2,1-4H3,(H2,27,33)(H,28,32). The molecule has 2 aromatic heterocycles. The summed E-state index contributed by atoms with van der Waals surface area (Å²) in [6.07, 6.45) is 2.34. The number of ether oxygens (including phenoxy) is 1. The summed E-state index contributed by atoms with van der Waals surface area (Å²) in [5.41, 5.74) is 8.16. The van der Waals surface area contributed by atoms with Crippen LogP contribution in [0.15, 0.2) is 23.4 Å². The molecule has 0 saturated carbocycles. The zero-order valence-electron chi connectivity index (χ0n) is 20.8. The lowest BCUT2D eigenvalue weighted by Crippen LogP contribution is -2.20. The van der Waals surface area contributed by atoms with E-state index in [1.807, 2.05) is 37.5 Å². The van der Waals surface area contributed by atoms with E-state index in [1.165, 1.54) is 23.1 Å². The molecule has 0 fully saturated rings. The van der Waals surface area contributed by atoms with E-state index >= 15 is 0 Å². The van der Waals surface area contributed by atoms with E-state index in [0.717, 1.165) is 35.3 Å². The lowest BCUT2D eigenvalue weighted by molar-refractivity contribution is -0.113. The van der Waals surface area contributed by atoms with Crippen molar-refractivity contribution in [3.05, 3.63) is 50.6 Å². The van der Waals surface area contributed by atoms with E-state index < -0.39 is 12.0 Å². The first-order valence-corrected chi connectivity index (χ1v) is 14.1. The van der Waals surface area contributed by atoms with Gasteiger partial charge < -0.3 is 20.4 Å². The summed E-state index contributed by atoms with van der Waals surface area (Å²) in [5, 5.41) is 13.2. The van der Waals surface area contributed by atoms with Crippen LogP contribution in [0, 0.1) is 12.8 Å². The van der Waals surface area contributed by atoms with Crippen molar-refractivity contribution < 1.29 is 14.3 Å². The summed E-state index contributed by atoms with van der Waals surface area (Å²) < 4.78 is 7.99. The maximum absolute atomic E-state index is 12.8. The van der Waals surface area contributed by atoms with Gasteiger partial charge in [0, 0.05) is 11.4 Å². The molecule has 1 aliphatic carbocycles. The Morgan fingerprint density at radius 3 is 2.89 bits per heavy atom. The molecule has 3 N–H and O–H groups in total. The van der Waals surface area contributed by atoms with Gasteiger partial charge >= 0.3 is 0 Å². The van der Waals surface area contributed by atoms with Gasteiger partial charge in [0.1, 0.15) is 10.8 Å². The fraction of sp³-hybridized carbons (Fsp3) is 0.440. The number of rotatable bonds is 9. The van der Waals surface area contributed by atoms with Gasteiger partial charge in [-0.05, 0) is 69.2 Å². The molecular weight excluding hydrogens is 518 g/mol. The van der Waals surface area contributed by atoms with Crippen molar-refractivity contribution >= 4 is 51.5 Å². The third-order valence-electron chi connectivity index (χ3n) is 6.16. The zero-order valence-corrected chi connectivity index (χ0v) is 23.1. The predicted octanol–water partition coefficient (Wildman–Crippen LogP) is 5.42. The second kappa shape index (κ2) is 11.2. The Morgan fingerprint density at radius 2 is 2.17 bits per heavy atom. The van der Waals surface area contributed by atoms with Crippen LogP contribution in [0.25, 0.3) is 0 Å². The van der Waals surface area contributed by atoms with Crippen LogP contribution in [0.3, 0.4) is 0 Å². The maximum atomic E-state index is 12.8. The summed E-state index contributed by atoms with van der Waals surface area (Å²) in [7, 11) is 0. The number of nitrogens with two attached hydrogens (primary N) is 1. The summed E-state index contributed by atoms with van der Waals surface area (Å²) in [6, 6.07) is 5.61. The lowest BCUT2D eigenvalue weighted by Gasteiger charge is -2.18. The monoisotopic (exact) mass is 547 g/mol. The first kappa shape index (κ1) is 26.5. The second-order valence-electron chi connectivity index (χ2n) is 9.04. The summed E-state index contributed by atoms with van der Waals surface area (Å²) in [5.74, 6) is 1.18. The van der Waals surface area contributed by atoms with Crippen LogP contribution < -0.4 is 15.8 Å². The maximum Gasteiger partial charge on any atom is 0.251 e. The first-order chi connectivity index (χ1) is 17.2. The van der Waals surface area contributed by atoms with E-state index in [1.54, 1.807) is 6.07 Å². The van der Waals surface area contributed by atoms with Crippen LogP contribution in [0.5, 0.6) is 5.75 Å². The van der Waals surface area contributed by atoms with Crippen molar-refractivity contribution in [3.8, 4) is 5.75 Å². The molecule has 2 unspecified atom stereocenters. The smallest absolute Gasteiger partial charge is 0.251 e. The highest BCUT2D eigenvalue weighted by Gasteiger charge is 2.27. The van der Waals surface area contributed by atoms with Gasteiger partial charge in [-0.2, -0.15) is 0 Å². The Bertz CT molecular complexity index is 1290. The van der Waals surface area contributed by atoms with Crippen LogP contribution in [-0.2, 0) is 24.2 Å². The van der Waals surface area contributed by atoms with Gasteiger partial charge in [-0.15, -0.1) is 21.5 Å². The number of hydrogen-bond acceptors (Lipinski definition) is 7. The third-order valence-corrected chi connectivity index (χ3v) is 8.61. The number of amides is 2. The number of nitrogens with zero attached hydrogens (tertiary/aromatic N) is 3. The molecule has 8 nitrogen and oxygen atoms in total. The number of halogens is 1. The number of carbonyl (C=O) groups excluding carboxylic acids is 2. The number of thiophene rings is 1. The average molecular weight is 548 g/mol. The molecule has 192 valence electrons. The van der Waals surface area contributed by atoms with Crippen molar-refractivity contribution in [3.63, 3.8) is 0 Å². The van der Waals surface area contributed by atoms with Gasteiger partial charge in [-0.1, -0.05) is 36.4 Å². The normalized spacial score (nSPS) is 15.9. The molecule has 2 amide bonds. The van der Waals surface area contributed by atoms with Crippen LogP contribution in [0.4, 0.5) is 5.00 Å². The van der Waals surface area contributed by atoms with Gasteiger partial charge in [-0.3, -0.25) is 9.59 Å². The molecule has 2 heterocycles.